The van der Waals surface area contributed by atoms with Crippen LogP contribution in [0, 0.1) is 0 Å². The summed E-state index contributed by atoms with van der Waals surface area (Å²) in [5, 5.41) is 2.80. The van der Waals surface area contributed by atoms with Crippen molar-refractivity contribution in [3.8, 4) is 0 Å². The van der Waals surface area contributed by atoms with E-state index in [9.17, 15) is 4.79 Å². The summed E-state index contributed by atoms with van der Waals surface area (Å²) in [6.45, 7) is 5.44. The number of rotatable bonds is 3. The lowest BCUT2D eigenvalue weighted by Gasteiger charge is -2.12. The van der Waals surface area contributed by atoms with Crippen LogP contribution in [-0.2, 0) is 9.53 Å². The zero-order chi connectivity index (χ0) is 8.15. The van der Waals surface area contributed by atoms with Crippen LogP contribution in [0.5, 0.6) is 0 Å². The molecule has 0 heterocycles. The molecule has 0 rings (SSSR count). The Labute approximate surface area is 69.1 Å². The van der Waals surface area contributed by atoms with E-state index in [0.29, 0.717) is 0 Å². The lowest BCUT2D eigenvalue weighted by molar-refractivity contribution is -0.149. The molecule has 3 nitrogen and oxygen atoms in total. The van der Waals surface area contributed by atoms with Crippen LogP contribution < -0.4 is 5.32 Å². The maximum Gasteiger partial charge on any atom is 0.323 e. The Bertz CT molecular complexity index is 113. The summed E-state index contributed by atoms with van der Waals surface area (Å²) in [4.78, 5) is 10.9. The molecule has 3 heteroatoms. The highest BCUT2D eigenvalue weighted by Crippen LogP contribution is 1.92. The molecule has 0 aliphatic rings. The van der Waals surface area contributed by atoms with Gasteiger partial charge in [0.25, 0.3) is 0 Å². The highest BCUT2D eigenvalue weighted by molar-refractivity contribution is 5.75. The Hall–Kier alpha value is -0.570. The van der Waals surface area contributed by atoms with E-state index in [1.165, 1.54) is 0 Å². The van der Waals surface area contributed by atoms with Gasteiger partial charge in [-0.2, -0.15) is 0 Å². The van der Waals surface area contributed by atoms with Crippen molar-refractivity contribution in [2.75, 3.05) is 7.05 Å². The third kappa shape index (κ3) is 5.85. The van der Waals surface area contributed by atoms with Crippen LogP contribution >= 0.6 is 0 Å². The number of carbonyl (C=O) groups is 1. The number of likely N-dealkylation sites (N-methyl/N-ethyl adjacent to an activating group) is 1. The number of esters is 1. The largest absolute Gasteiger partial charge is 0.462 e. The van der Waals surface area contributed by atoms with Crippen molar-refractivity contribution in [1.29, 1.82) is 0 Å². The monoisotopic (exact) mass is 161 g/mol. The van der Waals surface area contributed by atoms with E-state index in [1.807, 2.05) is 13.8 Å². The minimum Gasteiger partial charge on any atom is -0.462 e. The number of ether oxygens (including phenoxy) is 1. The first-order chi connectivity index (χ1) is 4.57. The van der Waals surface area contributed by atoms with Gasteiger partial charge in [0.2, 0.25) is 0 Å². The lowest BCUT2D eigenvalue weighted by atomic mass is 10.3. The fourth-order valence-electron chi connectivity index (χ4n) is 0.452. The first-order valence-corrected chi connectivity index (χ1v) is 3.45. The van der Waals surface area contributed by atoms with Crippen molar-refractivity contribution < 1.29 is 9.53 Å². The predicted octanol–water partition coefficient (Wildman–Crippen LogP) is 1.18. The molecule has 0 saturated carbocycles. The maximum absolute atomic E-state index is 10.9. The van der Waals surface area contributed by atoms with Gasteiger partial charge in [-0.25, -0.2) is 0 Å². The van der Waals surface area contributed by atoms with Gasteiger partial charge in [-0.3, -0.25) is 4.79 Å². The van der Waals surface area contributed by atoms with Gasteiger partial charge >= 0.3 is 5.97 Å². The van der Waals surface area contributed by atoms with Gasteiger partial charge in [-0.05, 0) is 27.8 Å². The second kappa shape index (κ2) is 6.16. The van der Waals surface area contributed by atoms with Crippen LogP contribution in [0.2, 0.25) is 0 Å². The highest BCUT2D eigenvalue weighted by atomic mass is 16.5. The molecular weight excluding hydrogens is 142 g/mol. The Balaban J connectivity index is 0. The van der Waals surface area contributed by atoms with Crippen molar-refractivity contribution in [3.63, 3.8) is 0 Å². The topological polar surface area (TPSA) is 38.3 Å². The Morgan fingerprint density at radius 2 is 1.82 bits per heavy atom. The molecule has 0 aliphatic carbocycles. The van der Waals surface area contributed by atoms with E-state index in [4.69, 9.17) is 4.74 Å². The summed E-state index contributed by atoms with van der Waals surface area (Å²) >= 11 is 0. The number of hydrogen-bond acceptors (Lipinski definition) is 3. The van der Waals surface area contributed by atoms with Crippen LogP contribution in [0.15, 0.2) is 0 Å². The van der Waals surface area contributed by atoms with E-state index in [-0.39, 0.29) is 25.5 Å². The van der Waals surface area contributed by atoms with Gasteiger partial charge < -0.3 is 10.1 Å². The average molecular weight is 161 g/mol. The Morgan fingerprint density at radius 3 is 2.09 bits per heavy atom. The van der Waals surface area contributed by atoms with Crippen molar-refractivity contribution >= 4 is 5.97 Å². The van der Waals surface area contributed by atoms with Gasteiger partial charge in [-0.15, -0.1) is 0 Å². The predicted molar refractivity (Wildman–Crippen MR) is 46.5 cm³/mol. The third-order valence-electron chi connectivity index (χ3n) is 1.14. The average Bonchev–Trinajstić information content (AvgIpc) is 1.85. The van der Waals surface area contributed by atoms with Gasteiger partial charge in [0, 0.05) is 0 Å². The fourth-order valence-corrected chi connectivity index (χ4v) is 0.452. The van der Waals surface area contributed by atoms with Crippen LogP contribution in [0.25, 0.3) is 0 Å². The second-order valence-corrected chi connectivity index (χ2v) is 2.50. The third-order valence-corrected chi connectivity index (χ3v) is 1.14. The molecule has 0 saturated heterocycles. The molecule has 0 aromatic heterocycles. The molecule has 0 aliphatic heterocycles. The van der Waals surface area contributed by atoms with Gasteiger partial charge in [0.05, 0.1) is 6.10 Å². The SMILES string of the molecule is C.CNC(C)C(=O)OC(C)C. The van der Waals surface area contributed by atoms with Crippen molar-refractivity contribution in [2.24, 2.45) is 0 Å². The van der Waals surface area contributed by atoms with Gasteiger partial charge in [0.1, 0.15) is 6.04 Å². The molecule has 0 bridgehead atoms. The fraction of sp³-hybridized carbons (Fsp3) is 0.875. The number of nitrogens with one attached hydrogen (secondary N) is 1. The molecule has 1 atom stereocenters. The number of carbonyl (C=O) groups excluding carboxylic acids is 1. The van der Waals surface area contributed by atoms with Crippen molar-refractivity contribution in [2.45, 2.75) is 40.3 Å². The van der Waals surface area contributed by atoms with Crippen LogP contribution in [-0.4, -0.2) is 25.2 Å². The van der Waals surface area contributed by atoms with E-state index in [1.54, 1.807) is 14.0 Å². The van der Waals surface area contributed by atoms with E-state index >= 15 is 0 Å². The van der Waals surface area contributed by atoms with Crippen LogP contribution in [0.4, 0.5) is 0 Å². The standard InChI is InChI=1S/C7H15NO2.CH4/c1-5(2)10-7(9)6(3)8-4;/h5-6,8H,1-4H3;1H4. The molecule has 0 aromatic rings. The molecule has 1 unspecified atom stereocenters. The summed E-state index contributed by atoms with van der Waals surface area (Å²) in [5.74, 6) is -0.197. The van der Waals surface area contributed by atoms with Crippen LogP contribution in [0.3, 0.4) is 0 Å². The molecule has 0 spiro atoms. The number of hydrogen-bond donors (Lipinski definition) is 1. The quantitative estimate of drug-likeness (QED) is 0.632. The highest BCUT2D eigenvalue weighted by Gasteiger charge is 2.12. The maximum atomic E-state index is 10.9. The van der Waals surface area contributed by atoms with E-state index < -0.39 is 0 Å². The van der Waals surface area contributed by atoms with Crippen LogP contribution in [0.1, 0.15) is 28.2 Å². The molecule has 68 valence electrons. The molecule has 0 amide bonds. The first kappa shape index (κ1) is 13.1. The summed E-state index contributed by atoms with van der Waals surface area (Å²) < 4.78 is 4.90. The zero-order valence-electron chi connectivity index (χ0n) is 6.97. The van der Waals surface area contributed by atoms with E-state index in [0.717, 1.165) is 0 Å². The molecule has 0 radical (unpaired) electrons. The summed E-state index contributed by atoms with van der Waals surface area (Å²) in [5.41, 5.74) is 0. The molecule has 1 N–H and O–H groups in total. The lowest BCUT2D eigenvalue weighted by Crippen LogP contribution is -2.33. The molecule has 11 heavy (non-hydrogen) atoms. The smallest absolute Gasteiger partial charge is 0.323 e. The first-order valence-electron chi connectivity index (χ1n) is 3.45. The van der Waals surface area contributed by atoms with E-state index in [2.05, 4.69) is 5.32 Å². The Kier molecular flexibility index (Phi) is 7.31. The zero-order valence-corrected chi connectivity index (χ0v) is 6.97. The van der Waals surface area contributed by atoms with Gasteiger partial charge in [0.15, 0.2) is 0 Å². The van der Waals surface area contributed by atoms with Crippen molar-refractivity contribution in [1.82, 2.24) is 5.32 Å². The molecule has 0 fully saturated rings. The van der Waals surface area contributed by atoms with Gasteiger partial charge in [-0.1, -0.05) is 7.43 Å². The summed E-state index contributed by atoms with van der Waals surface area (Å²) in [7, 11) is 1.73. The Morgan fingerprint density at radius 1 is 1.36 bits per heavy atom. The summed E-state index contributed by atoms with van der Waals surface area (Å²) in [6, 6.07) is -0.206. The molecule has 0 aromatic carbocycles. The second-order valence-electron chi connectivity index (χ2n) is 2.50. The summed E-state index contributed by atoms with van der Waals surface area (Å²) in [6.07, 6.45) is -0.0247. The molecular formula is C8H19NO2. The minimum absolute atomic E-state index is 0. The minimum atomic E-state index is -0.206. The normalized spacial score (nSPS) is 12.1. The van der Waals surface area contributed by atoms with Crippen molar-refractivity contribution in [3.05, 3.63) is 0 Å².